The molecular weight excluding hydrogens is 128 g/mol. The largest absolute Gasteiger partial charge is 0.391 e. The molecule has 3 atom stereocenters. The molecule has 0 bridgehead atoms. The van der Waals surface area contributed by atoms with Gasteiger partial charge in [-0.3, -0.25) is 0 Å². The van der Waals surface area contributed by atoms with E-state index in [2.05, 4.69) is 0 Å². The third kappa shape index (κ3) is 2.67. The van der Waals surface area contributed by atoms with Crippen molar-refractivity contribution in [2.75, 3.05) is 0 Å². The van der Waals surface area contributed by atoms with Gasteiger partial charge in [-0.25, -0.2) is 0 Å². The fourth-order valence-corrected chi connectivity index (χ4v) is 0.834. The van der Waals surface area contributed by atoms with Crippen LogP contribution in [-0.4, -0.2) is 22.4 Å². The van der Waals surface area contributed by atoms with Crippen LogP contribution in [0.3, 0.4) is 0 Å². The predicted molar refractivity (Wildman–Crippen MR) is 41.7 cm³/mol. The van der Waals surface area contributed by atoms with Gasteiger partial charge in [-0.1, -0.05) is 20.8 Å². The standard InChI is InChI=1S/C8H18O2/c1-5(2)6(3)8(10)7(4)9/h5-10H,1-4H3/t6?,7-,8-/m0/s1. The summed E-state index contributed by atoms with van der Waals surface area (Å²) in [4.78, 5) is 0. The van der Waals surface area contributed by atoms with Gasteiger partial charge in [-0.15, -0.1) is 0 Å². The van der Waals surface area contributed by atoms with E-state index < -0.39 is 12.2 Å². The van der Waals surface area contributed by atoms with Crippen LogP contribution in [0.5, 0.6) is 0 Å². The average Bonchev–Trinajstić information content (AvgIpc) is 1.84. The van der Waals surface area contributed by atoms with E-state index >= 15 is 0 Å². The second-order valence-electron chi connectivity index (χ2n) is 3.33. The van der Waals surface area contributed by atoms with Crippen LogP contribution < -0.4 is 0 Å². The Morgan fingerprint density at radius 2 is 1.30 bits per heavy atom. The lowest BCUT2D eigenvalue weighted by atomic mass is 9.90. The van der Waals surface area contributed by atoms with E-state index in [4.69, 9.17) is 5.11 Å². The second-order valence-corrected chi connectivity index (χ2v) is 3.33. The number of aliphatic hydroxyl groups is 2. The van der Waals surface area contributed by atoms with Crippen LogP contribution in [0.4, 0.5) is 0 Å². The summed E-state index contributed by atoms with van der Waals surface area (Å²) in [6.07, 6.45) is -1.20. The molecule has 0 aliphatic carbocycles. The Morgan fingerprint density at radius 3 is 1.40 bits per heavy atom. The molecule has 2 nitrogen and oxygen atoms in total. The zero-order valence-electron chi connectivity index (χ0n) is 7.20. The first-order valence-corrected chi connectivity index (χ1v) is 3.83. The molecule has 0 fully saturated rings. The number of aliphatic hydroxyl groups excluding tert-OH is 2. The van der Waals surface area contributed by atoms with Gasteiger partial charge >= 0.3 is 0 Å². The Balaban J connectivity index is 3.81. The van der Waals surface area contributed by atoms with Gasteiger partial charge in [0.15, 0.2) is 0 Å². The summed E-state index contributed by atoms with van der Waals surface area (Å²) in [5.41, 5.74) is 0. The summed E-state index contributed by atoms with van der Waals surface area (Å²) in [6.45, 7) is 7.64. The van der Waals surface area contributed by atoms with E-state index in [0.29, 0.717) is 5.92 Å². The Morgan fingerprint density at radius 1 is 0.900 bits per heavy atom. The number of hydrogen-bond acceptors (Lipinski definition) is 2. The molecule has 2 heteroatoms. The van der Waals surface area contributed by atoms with Gasteiger partial charge in [0.25, 0.3) is 0 Å². The third-order valence-electron chi connectivity index (χ3n) is 2.08. The molecule has 62 valence electrons. The molecular formula is C8H18O2. The van der Waals surface area contributed by atoms with E-state index in [1.807, 2.05) is 20.8 Å². The Kier molecular flexibility index (Phi) is 3.91. The maximum Gasteiger partial charge on any atom is 0.0824 e. The highest BCUT2D eigenvalue weighted by molar-refractivity contribution is 4.71. The topological polar surface area (TPSA) is 40.5 Å². The van der Waals surface area contributed by atoms with Crippen molar-refractivity contribution in [3.05, 3.63) is 0 Å². The van der Waals surface area contributed by atoms with Gasteiger partial charge in [0.2, 0.25) is 0 Å². The molecule has 0 saturated heterocycles. The quantitative estimate of drug-likeness (QED) is 0.624. The first kappa shape index (κ1) is 9.92. The minimum Gasteiger partial charge on any atom is -0.391 e. The van der Waals surface area contributed by atoms with Gasteiger partial charge < -0.3 is 10.2 Å². The van der Waals surface area contributed by atoms with Crippen LogP contribution in [0, 0.1) is 11.8 Å². The first-order chi connectivity index (χ1) is 4.46. The summed E-state index contributed by atoms with van der Waals surface area (Å²) in [5, 5.41) is 18.3. The van der Waals surface area contributed by atoms with E-state index in [9.17, 15) is 5.11 Å². The van der Waals surface area contributed by atoms with Gasteiger partial charge in [0.05, 0.1) is 12.2 Å². The summed E-state index contributed by atoms with van der Waals surface area (Å²) >= 11 is 0. The van der Waals surface area contributed by atoms with Crippen molar-refractivity contribution in [1.82, 2.24) is 0 Å². The van der Waals surface area contributed by atoms with Gasteiger partial charge in [-0.05, 0) is 18.8 Å². The molecule has 0 aliphatic heterocycles. The second kappa shape index (κ2) is 3.94. The fraction of sp³-hybridized carbons (Fsp3) is 1.00. The van der Waals surface area contributed by atoms with Crippen molar-refractivity contribution < 1.29 is 10.2 Å². The first-order valence-electron chi connectivity index (χ1n) is 3.83. The maximum absolute atomic E-state index is 9.32. The molecule has 0 saturated carbocycles. The van der Waals surface area contributed by atoms with Crippen LogP contribution in [0.15, 0.2) is 0 Å². The SMILES string of the molecule is CC(C)C(C)[C@H](O)[C@H](C)O. The smallest absolute Gasteiger partial charge is 0.0824 e. The van der Waals surface area contributed by atoms with Crippen molar-refractivity contribution in [3.63, 3.8) is 0 Å². The van der Waals surface area contributed by atoms with Gasteiger partial charge in [0, 0.05) is 0 Å². The number of rotatable bonds is 3. The Labute approximate surface area is 62.9 Å². The van der Waals surface area contributed by atoms with Crippen LogP contribution in [0.25, 0.3) is 0 Å². The zero-order chi connectivity index (χ0) is 8.31. The van der Waals surface area contributed by atoms with Crippen molar-refractivity contribution >= 4 is 0 Å². The monoisotopic (exact) mass is 146 g/mol. The predicted octanol–water partition coefficient (Wildman–Crippen LogP) is 1.02. The highest BCUT2D eigenvalue weighted by Crippen LogP contribution is 2.16. The van der Waals surface area contributed by atoms with E-state index in [-0.39, 0.29) is 5.92 Å². The summed E-state index contributed by atoms with van der Waals surface area (Å²) in [6, 6.07) is 0. The highest BCUT2D eigenvalue weighted by atomic mass is 16.3. The molecule has 0 aromatic rings. The summed E-state index contributed by atoms with van der Waals surface area (Å²) in [5.74, 6) is 0.588. The molecule has 0 radical (unpaired) electrons. The van der Waals surface area contributed by atoms with Gasteiger partial charge in [0.1, 0.15) is 0 Å². The molecule has 10 heavy (non-hydrogen) atoms. The van der Waals surface area contributed by atoms with Crippen molar-refractivity contribution in [1.29, 1.82) is 0 Å². The van der Waals surface area contributed by atoms with Gasteiger partial charge in [-0.2, -0.15) is 0 Å². The normalized spacial score (nSPS) is 20.7. The minimum atomic E-state index is -0.614. The lowest BCUT2D eigenvalue weighted by Gasteiger charge is -2.24. The maximum atomic E-state index is 9.32. The van der Waals surface area contributed by atoms with E-state index in [1.54, 1.807) is 6.92 Å². The molecule has 0 rings (SSSR count). The lowest BCUT2D eigenvalue weighted by Crippen LogP contribution is -2.32. The van der Waals surface area contributed by atoms with Crippen LogP contribution in [-0.2, 0) is 0 Å². The van der Waals surface area contributed by atoms with Crippen molar-refractivity contribution in [2.24, 2.45) is 11.8 Å². The van der Waals surface area contributed by atoms with E-state index in [0.717, 1.165) is 0 Å². The highest BCUT2D eigenvalue weighted by Gasteiger charge is 2.21. The molecule has 0 spiro atoms. The fourth-order valence-electron chi connectivity index (χ4n) is 0.834. The molecule has 0 heterocycles. The molecule has 0 amide bonds. The zero-order valence-corrected chi connectivity index (χ0v) is 7.20. The van der Waals surface area contributed by atoms with Crippen molar-refractivity contribution in [2.45, 2.75) is 39.9 Å². The molecule has 0 aromatic carbocycles. The van der Waals surface area contributed by atoms with E-state index in [1.165, 1.54) is 0 Å². The molecule has 0 aromatic heterocycles. The number of hydrogen-bond donors (Lipinski definition) is 2. The average molecular weight is 146 g/mol. The summed E-state index contributed by atoms with van der Waals surface area (Å²) in [7, 11) is 0. The molecule has 0 aliphatic rings. The third-order valence-corrected chi connectivity index (χ3v) is 2.08. The molecule has 2 N–H and O–H groups in total. The van der Waals surface area contributed by atoms with Crippen LogP contribution >= 0.6 is 0 Å². The van der Waals surface area contributed by atoms with Crippen molar-refractivity contribution in [3.8, 4) is 0 Å². The van der Waals surface area contributed by atoms with Crippen LogP contribution in [0.1, 0.15) is 27.7 Å². The lowest BCUT2D eigenvalue weighted by molar-refractivity contribution is -0.0147. The Hall–Kier alpha value is -0.0800. The summed E-state index contributed by atoms with van der Waals surface area (Å²) < 4.78 is 0. The Bertz CT molecular complexity index is 77.3. The van der Waals surface area contributed by atoms with Crippen LogP contribution in [0.2, 0.25) is 0 Å². The minimum absolute atomic E-state index is 0.167. The molecule has 1 unspecified atom stereocenters.